The van der Waals surface area contributed by atoms with Crippen LogP contribution in [0.15, 0.2) is 41.8 Å². The number of hydrogen-bond acceptors (Lipinski definition) is 4. The number of imide groups is 1. The number of carbonyl (C=O) groups excluding carboxylic acids is 3. The summed E-state index contributed by atoms with van der Waals surface area (Å²) in [7, 11) is 0. The van der Waals surface area contributed by atoms with Gasteiger partial charge < -0.3 is 10.6 Å². The first-order valence-corrected chi connectivity index (χ1v) is 11.9. The lowest BCUT2D eigenvalue weighted by molar-refractivity contribution is -0.130. The molecule has 2 unspecified atom stereocenters. The number of hydrogen-bond donors (Lipinski definition) is 3. The van der Waals surface area contributed by atoms with Crippen molar-refractivity contribution in [1.29, 1.82) is 0 Å². The maximum absolute atomic E-state index is 13.2. The molecule has 3 N–H and O–H groups in total. The first kappa shape index (κ1) is 21.6. The number of nitrogens with one attached hydrogen (secondary N) is 3. The van der Waals surface area contributed by atoms with Crippen molar-refractivity contribution in [3.63, 3.8) is 0 Å². The zero-order chi connectivity index (χ0) is 22.0. The minimum atomic E-state index is -0.840. The third-order valence-electron chi connectivity index (χ3n) is 6.79. The molecular formula is C24H29N3O3S. The first-order chi connectivity index (χ1) is 14.9. The minimum Gasteiger partial charge on any atom is -0.344 e. The standard InChI is InChI=1S/C24H29N3O3S/c1-3-15(2)16-6-8-17(9-7-16)20(19-5-4-14-31-19)25-21(28)18-10-12-24(13-11-18)22(29)26-23(30)27-24/h4-9,14-15,18,20H,3,10-13H2,1-2H3,(H,25,28)(H2,26,27,29,30). The van der Waals surface area contributed by atoms with Crippen LogP contribution >= 0.6 is 11.3 Å². The number of rotatable bonds is 6. The summed E-state index contributed by atoms with van der Waals surface area (Å²) in [5, 5.41) is 10.4. The predicted molar refractivity (Wildman–Crippen MR) is 121 cm³/mol. The maximum Gasteiger partial charge on any atom is 0.322 e. The highest BCUT2D eigenvalue weighted by atomic mass is 32.1. The van der Waals surface area contributed by atoms with Gasteiger partial charge in [-0.3, -0.25) is 14.9 Å². The highest BCUT2D eigenvalue weighted by Crippen LogP contribution is 2.35. The summed E-state index contributed by atoms with van der Waals surface area (Å²) in [6, 6.07) is 11.9. The van der Waals surface area contributed by atoms with Crippen molar-refractivity contribution in [1.82, 2.24) is 16.0 Å². The molecule has 1 saturated heterocycles. The van der Waals surface area contributed by atoms with Crippen LogP contribution in [0.4, 0.5) is 4.79 Å². The molecule has 4 amide bonds. The monoisotopic (exact) mass is 439 g/mol. The van der Waals surface area contributed by atoms with Crippen molar-refractivity contribution in [2.75, 3.05) is 0 Å². The van der Waals surface area contributed by atoms with Crippen LogP contribution < -0.4 is 16.0 Å². The highest BCUT2D eigenvalue weighted by Gasteiger charge is 2.49. The van der Waals surface area contributed by atoms with Crippen molar-refractivity contribution in [3.8, 4) is 0 Å². The van der Waals surface area contributed by atoms with Gasteiger partial charge in [-0.2, -0.15) is 0 Å². The van der Waals surface area contributed by atoms with Gasteiger partial charge in [0.2, 0.25) is 5.91 Å². The fourth-order valence-electron chi connectivity index (χ4n) is 4.54. The Labute approximate surface area is 186 Å². The zero-order valence-corrected chi connectivity index (χ0v) is 18.8. The van der Waals surface area contributed by atoms with Gasteiger partial charge in [-0.05, 0) is 60.6 Å². The van der Waals surface area contributed by atoms with E-state index in [4.69, 9.17) is 0 Å². The SMILES string of the molecule is CCC(C)c1ccc(C(NC(=O)C2CCC3(CC2)NC(=O)NC3=O)c2cccs2)cc1. The summed E-state index contributed by atoms with van der Waals surface area (Å²) in [5.74, 6) is 0.0719. The van der Waals surface area contributed by atoms with E-state index in [-0.39, 0.29) is 23.8 Å². The quantitative estimate of drug-likeness (QED) is 0.589. The second-order valence-corrected chi connectivity index (χ2v) is 9.68. The largest absolute Gasteiger partial charge is 0.344 e. The van der Waals surface area contributed by atoms with Crippen LogP contribution in [0.3, 0.4) is 0 Å². The second kappa shape index (κ2) is 8.83. The summed E-state index contributed by atoms with van der Waals surface area (Å²) < 4.78 is 0. The van der Waals surface area contributed by atoms with Crippen LogP contribution in [0.25, 0.3) is 0 Å². The molecule has 0 radical (unpaired) electrons. The van der Waals surface area contributed by atoms with Gasteiger partial charge in [-0.25, -0.2) is 4.79 Å². The molecule has 0 bridgehead atoms. The second-order valence-electron chi connectivity index (χ2n) is 8.70. The van der Waals surface area contributed by atoms with E-state index in [1.807, 2.05) is 17.5 Å². The summed E-state index contributed by atoms with van der Waals surface area (Å²) in [6.45, 7) is 4.40. The van der Waals surface area contributed by atoms with E-state index < -0.39 is 11.6 Å². The van der Waals surface area contributed by atoms with Crippen LogP contribution in [0.1, 0.15) is 73.9 Å². The molecule has 6 nitrogen and oxygen atoms in total. The normalized spacial score (nSPS) is 25.0. The van der Waals surface area contributed by atoms with E-state index in [0.29, 0.717) is 31.6 Å². The Balaban J connectivity index is 1.46. The molecule has 2 atom stereocenters. The first-order valence-electron chi connectivity index (χ1n) is 11.0. The Morgan fingerprint density at radius 1 is 1.16 bits per heavy atom. The molecule has 1 spiro atoms. The van der Waals surface area contributed by atoms with Crippen LogP contribution in [-0.2, 0) is 9.59 Å². The minimum absolute atomic E-state index is 0.00369. The number of carbonyl (C=O) groups is 3. The van der Waals surface area contributed by atoms with Crippen molar-refractivity contribution in [2.45, 2.75) is 63.5 Å². The lowest BCUT2D eigenvalue weighted by Crippen LogP contribution is -2.51. The van der Waals surface area contributed by atoms with Crippen LogP contribution in [0.5, 0.6) is 0 Å². The fourth-order valence-corrected chi connectivity index (χ4v) is 5.34. The van der Waals surface area contributed by atoms with Gasteiger partial charge in [-0.15, -0.1) is 11.3 Å². The van der Waals surface area contributed by atoms with E-state index in [1.165, 1.54) is 5.56 Å². The number of amides is 4. The molecule has 164 valence electrons. The molecule has 1 aliphatic carbocycles. The average Bonchev–Trinajstić information content (AvgIpc) is 3.40. The van der Waals surface area contributed by atoms with E-state index in [0.717, 1.165) is 16.9 Å². The summed E-state index contributed by atoms with van der Waals surface area (Å²) in [5.41, 5.74) is 1.53. The molecule has 2 aromatic rings. The van der Waals surface area contributed by atoms with Gasteiger partial charge in [-0.1, -0.05) is 44.2 Å². The van der Waals surface area contributed by atoms with Crippen LogP contribution in [0, 0.1) is 5.92 Å². The highest BCUT2D eigenvalue weighted by molar-refractivity contribution is 7.10. The van der Waals surface area contributed by atoms with Gasteiger partial charge in [0.05, 0.1) is 6.04 Å². The molecule has 2 fully saturated rings. The van der Waals surface area contributed by atoms with Gasteiger partial charge in [0.15, 0.2) is 0 Å². The Hall–Kier alpha value is -2.67. The van der Waals surface area contributed by atoms with Gasteiger partial charge in [0.1, 0.15) is 5.54 Å². The lowest BCUT2D eigenvalue weighted by Gasteiger charge is -2.34. The van der Waals surface area contributed by atoms with E-state index in [2.05, 4.69) is 54.1 Å². The maximum atomic E-state index is 13.2. The zero-order valence-electron chi connectivity index (χ0n) is 17.9. The third kappa shape index (κ3) is 4.37. The van der Waals surface area contributed by atoms with E-state index in [1.54, 1.807) is 11.3 Å². The number of urea groups is 1. The van der Waals surface area contributed by atoms with E-state index >= 15 is 0 Å². The summed E-state index contributed by atoms with van der Waals surface area (Å²) >= 11 is 1.63. The predicted octanol–water partition coefficient (Wildman–Crippen LogP) is 4.24. The molecule has 7 heteroatoms. The Bertz CT molecular complexity index is 947. The van der Waals surface area contributed by atoms with Crippen molar-refractivity contribution in [2.24, 2.45) is 5.92 Å². The molecule has 1 aliphatic heterocycles. The molecule has 1 aromatic heterocycles. The van der Waals surface area contributed by atoms with Crippen molar-refractivity contribution in [3.05, 3.63) is 57.8 Å². The third-order valence-corrected chi connectivity index (χ3v) is 7.73. The summed E-state index contributed by atoms with van der Waals surface area (Å²) in [6.07, 6.45) is 3.20. The average molecular weight is 440 g/mol. The molecular weight excluding hydrogens is 410 g/mol. The van der Waals surface area contributed by atoms with Crippen LogP contribution in [-0.4, -0.2) is 23.4 Å². The van der Waals surface area contributed by atoms with E-state index in [9.17, 15) is 14.4 Å². The molecule has 2 aliphatic rings. The van der Waals surface area contributed by atoms with Gasteiger partial charge in [0.25, 0.3) is 5.91 Å². The Morgan fingerprint density at radius 3 is 2.39 bits per heavy atom. The topological polar surface area (TPSA) is 87.3 Å². The lowest BCUT2D eigenvalue weighted by atomic mass is 9.76. The van der Waals surface area contributed by atoms with Crippen molar-refractivity contribution < 1.29 is 14.4 Å². The summed E-state index contributed by atoms with van der Waals surface area (Å²) in [4.78, 5) is 37.9. The molecule has 31 heavy (non-hydrogen) atoms. The smallest absolute Gasteiger partial charge is 0.322 e. The molecule has 4 rings (SSSR count). The van der Waals surface area contributed by atoms with Gasteiger partial charge in [0, 0.05) is 10.8 Å². The number of thiophene rings is 1. The molecule has 2 heterocycles. The Kier molecular flexibility index (Phi) is 6.14. The number of benzene rings is 1. The molecule has 1 aromatic carbocycles. The fraction of sp³-hybridized carbons (Fsp3) is 0.458. The van der Waals surface area contributed by atoms with Crippen LogP contribution in [0.2, 0.25) is 0 Å². The Morgan fingerprint density at radius 2 is 1.84 bits per heavy atom. The molecule has 1 saturated carbocycles. The van der Waals surface area contributed by atoms with Crippen molar-refractivity contribution >= 4 is 29.2 Å². The van der Waals surface area contributed by atoms with Gasteiger partial charge >= 0.3 is 6.03 Å².